The molecule has 0 saturated heterocycles. The number of nitrogens with one attached hydrogen (secondary N) is 1. The van der Waals surface area contributed by atoms with Crippen LogP contribution in [0.3, 0.4) is 0 Å². The molecule has 2 rings (SSSR count). The lowest BCUT2D eigenvalue weighted by Crippen LogP contribution is -2.06. The summed E-state index contributed by atoms with van der Waals surface area (Å²) in [7, 11) is 0. The van der Waals surface area contributed by atoms with Crippen LogP contribution in [0.5, 0.6) is 0 Å². The molecule has 1 heterocycles. The number of carbonyl (C=O) groups is 1. The minimum Gasteiger partial charge on any atom is -0.478 e. The number of hydrazone groups is 1. The molecule has 2 aromatic rings. The second-order valence-electron chi connectivity index (χ2n) is 5.74. The van der Waals surface area contributed by atoms with Crippen LogP contribution < -0.4 is 5.43 Å². The van der Waals surface area contributed by atoms with Gasteiger partial charge in [-0.1, -0.05) is 37.0 Å². The van der Waals surface area contributed by atoms with Gasteiger partial charge in [-0.2, -0.15) is 10.2 Å². The number of aromatic nitrogens is 2. The van der Waals surface area contributed by atoms with Gasteiger partial charge in [0, 0.05) is 6.54 Å². The summed E-state index contributed by atoms with van der Waals surface area (Å²) in [6.45, 7) is 6.73. The highest BCUT2D eigenvalue weighted by Crippen LogP contribution is 2.23. The zero-order valence-corrected chi connectivity index (χ0v) is 15.1. The summed E-state index contributed by atoms with van der Waals surface area (Å²) in [6, 6.07) is 4.34. The van der Waals surface area contributed by atoms with Gasteiger partial charge < -0.3 is 5.11 Å². The van der Waals surface area contributed by atoms with E-state index >= 15 is 0 Å². The Balaban J connectivity index is 2.19. The van der Waals surface area contributed by atoms with Crippen LogP contribution in [0.15, 0.2) is 23.3 Å². The molecule has 0 aliphatic rings. The van der Waals surface area contributed by atoms with Gasteiger partial charge in [0.15, 0.2) is 0 Å². The number of rotatable bonds is 6. The SMILES string of the molecule is Cc1nn(CC(C)C)c(Cl)c1/C=N\Nc1cc(C(=O)O)ccc1Cl. The quantitative estimate of drug-likeness (QED) is 0.588. The van der Waals surface area contributed by atoms with E-state index < -0.39 is 5.97 Å². The van der Waals surface area contributed by atoms with E-state index in [-0.39, 0.29) is 5.56 Å². The van der Waals surface area contributed by atoms with Crippen LogP contribution in [0, 0.1) is 12.8 Å². The van der Waals surface area contributed by atoms with Crippen molar-refractivity contribution in [2.75, 3.05) is 5.43 Å². The first-order valence-electron chi connectivity index (χ1n) is 7.34. The van der Waals surface area contributed by atoms with E-state index in [1.807, 2.05) is 6.92 Å². The van der Waals surface area contributed by atoms with Crippen LogP contribution in [-0.2, 0) is 6.54 Å². The number of halogens is 2. The van der Waals surface area contributed by atoms with Crippen molar-refractivity contribution in [3.05, 3.63) is 45.2 Å². The first-order chi connectivity index (χ1) is 11.3. The molecule has 0 aliphatic heterocycles. The monoisotopic (exact) mass is 368 g/mol. The number of anilines is 1. The van der Waals surface area contributed by atoms with Gasteiger partial charge in [-0.15, -0.1) is 0 Å². The fourth-order valence-corrected chi connectivity index (χ4v) is 2.54. The lowest BCUT2D eigenvalue weighted by molar-refractivity contribution is 0.0697. The van der Waals surface area contributed by atoms with Crippen molar-refractivity contribution >= 4 is 41.1 Å². The van der Waals surface area contributed by atoms with E-state index in [2.05, 4.69) is 29.5 Å². The molecule has 8 heteroatoms. The van der Waals surface area contributed by atoms with Crippen LogP contribution in [-0.4, -0.2) is 27.1 Å². The second-order valence-corrected chi connectivity index (χ2v) is 6.50. The number of nitrogens with zero attached hydrogens (tertiary/aromatic N) is 3. The minimum absolute atomic E-state index is 0.121. The van der Waals surface area contributed by atoms with Gasteiger partial charge in [-0.05, 0) is 31.0 Å². The van der Waals surface area contributed by atoms with E-state index in [4.69, 9.17) is 28.3 Å². The molecule has 0 saturated carbocycles. The summed E-state index contributed by atoms with van der Waals surface area (Å²) in [6.07, 6.45) is 1.55. The van der Waals surface area contributed by atoms with E-state index in [9.17, 15) is 4.79 Å². The molecule has 0 fully saturated rings. The molecular weight excluding hydrogens is 351 g/mol. The second kappa shape index (κ2) is 7.68. The highest BCUT2D eigenvalue weighted by atomic mass is 35.5. The summed E-state index contributed by atoms with van der Waals surface area (Å²) in [4.78, 5) is 11.0. The Hall–Kier alpha value is -2.05. The van der Waals surface area contributed by atoms with Crippen molar-refractivity contribution in [2.24, 2.45) is 11.0 Å². The summed E-state index contributed by atoms with van der Waals surface area (Å²) in [5, 5.41) is 18.4. The Bertz CT molecular complexity index is 785. The summed E-state index contributed by atoms with van der Waals surface area (Å²) in [5.74, 6) is -0.616. The maximum Gasteiger partial charge on any atom is 0.335 e. The molecule has 0 unspecified atom stereocenters. The van der Waals surface area contributed by atoms with Crippen LogP contribution in [0.2, 0.25) is 10.2 Å². The highest BCUT2D eigenvalue weighted by Gasteiger charge is 2.12. The lowest BCUT2D eigenvalue weighted by atomic mass is 10.2. The standard InChI is InChI=1S/C16H18Cl2N4O2/c1-9(2)8-22-15(18)12(10(3)21-22)7-19-20-14-6-11(16(23)24)4-5-13(14)17/h4-7,9,20H,8H2,1-3H3,(H,23,24)/b19-7-. The van der Waals surface area contributed by atoms with Crippen LogP contribution >= 0.6 is 23.2 Å². The maximum atomic E-state index is 11.0. The van der Waals surface area contributed by atoms with Gasteiger partial charge in [0.05, 0.1) is 33.7 Å². The Kier molecular flexibility index (Phi) is 5.85. The highest BCUT2D eigenvalue weighted by molar-refractivity contribution is 6.33. The molecule has 2 N–H and O–H groups in total. The number of aryl methyl sites for hydroxylation is 1. The van der Waals surface area contributed by atoms with Crippen molar-refractivity contribution in [3.8, 4) is 0 Å². The van der Waals surface area contributed by atoms with E-state index in [0.717, 1.165) is 5.69 Å². The molecule has 0 amide bonds. The fourth-order valence-electron chi connectivity index (χ4n) is 2.09. The lowest BCUT2D eigenvalue weighted by Gasteiger charge is -2.06. The number of aromatic carboxylic acids is 1. The van der Waals surface area contributed by atoms with E-state index in [1.54, 1.807) is 10.9 Å². The number of hydrogen-bond acceptors (Lipinski definition) is 4. The van der Waals surface area contributed by atoms with E-state index in [0.29, 0.717) is 33.9 Å². The van der Waals surface area contributed by atoms with E-state index in [1.165, 1.54) is 18.2 Å². The molecule has 0 radical (unpaired) electrons. The van der Waals surface area contributed by atoms with Gasteiger partial charge in [0.25, 0.3) is 0 Å². The Morgan fingerprint density at radius 2 is 2.17 bits per heavy atom. The predicted octanol–water partition coefficient (Wildman–Crippen LogP) is 4.30. The Morgan fingerprint density at radius 3 is 2.79 bits per heavy atom. The molecule has 0 atom stereocenters. The molecule has 1 aromatic heterocycles. The number of hydrogen-bond donors (Lipinski definition) is 2. The smallest absolute Gasteiger partial charge is 0.335 e. The molecular formula is C16H18Cl2N4O2. The number of carboxylic acid groups (broad SMARTS) is 1. The zero-order chi connectivity index (χ0) is 17.9. The minimum atomic E-state index is -1.03. The Morgan fingerprint density at radius 1 is 1.46 bits per heavy atom. The maximum absolute atomic E-state index is 11.0. The molecule has 0 bridgehead atoms. The third kappa shape index (κ3) is 4.27. The molecule has 0 spiro atoms. The van der Waals surface area contributed by atoms with Crippen molar-refractivity contribution < 1.29 is 9.90 Å². The fraction of sp³-hybridized carbons (Fsp3) is 0.312. The summed E-state index contributed by atoms with van der Waals surface area (Å²) in [5.41, 5.74) is 4.72. The molecule has 0 aliphatic carbocycles. The van der Waals surface area contributed by atoms with Gasteiger partial charge in [0.2, 0.25) is 0 Å². The van der Waals surface area contributed by atoms with Gasteiger partial charge in [-0.3, -0.25) is 10.1 Å². The largest absolute Gasteiger partial charge is 0.478 e. The molecule has 1 aromatic carbocycles. The molecule has 6 nitrogen and oxygen atoms in total. The van der Waals surface area contributed by atoms with Crippen LogP contribution in [0.25, 0.3) is 0 Å². The zero-order valence-electron chi connectivity index (χ0n) is 13.5. The van der Waals surface area contributed by atoms with Crippen molar-refractivity contribution in [1.29, 1.82) is 0 Å². The van der Waals surface area contributed by atoms with Crippen LogP contribution in [0.1, 0.15) is 35.5 Å². The van der Waals surface area contributed by atoms with Crippen molar-refractivity contribution in [2.45, 2.75) is 27.3 Å². The van der Waals surface area contributed by atoms with Gasteiger partial charge in [-0.25, -0.2) is 4.79 Å². The third-order valence-electron chi connectivity index (χ3n) is 3.24. The average Bonchev–Trinajstić information content (AvgIpc) is 2.75. The average molecular weight is 369 g/mol. The van der Waals surface area contributed by atoms with Crippen LogP contribution in [0.4, 0.5) is 5.69 Å². The summed E-state index contributed by atoms with van der Waals surface area (Å²) < 4.78 is 1.74. The topological polar surface area (TPSA) is 79.5 Å². The van der Waals surface area contributed by atoms with Gasteiger partial charge in [0.1, 0.15) is 5.15 Å². The number of carboxylic acids is 1. The third-order valence-corrected chi connectivity index (χ3v) is 3.97. The van der Waals surface area contributed by atoms with Gasteiger partial charge >= 0.3 is 5.97 Å². The normalized spacial score (nSPS) is 11.4. The summed E-state index contributed by atoms with van der Waals surface area (Å²) >= 11 is 12.4. The van der Waals surface area contributed by atoms with Crippen molar-refractivity contribution in [1.82, 2.24) is 9.78 Å². The van der Waals surface area contributed by atoms with Crippen molar-refractivity contribution in [3.63, 3.8) is 0 Å². The predicted molar refractivity (Wildman–Crippen MR) is 96.4 cm³/mol. The molecule has 24 heavy (non-hydrogen) atoms. The first kappa shape index (κ1) is 18.3. The first-order valence-corrected chi connectivity index (χ1v) is 8.10. The number of benzene rings is 1. The molecule has 128 valence electrons. The Labute approximate surface area is 150 Å².